The maximum atomic E-state index is 12.6. The van der Waals surface area contributed by atoms with Crippen LogP contribution >= 0.6 is 15.9 Å². The van der Waals surface area contributed by atoms with Crippen LogP contribution in [0.2, 0.25) is 0 Å². The van der Waals surface area contributed by atoms with Gasteiger partial charge in [0, 0.05) is 10.9 Å². The number of halogens is 1. The molecule has 1 saturated heterocycles. The third-order valence-electron chi connectivity index (χ3n) is 3.25. The summed E-state index contributed by atoms with van der Waals surface area (Å²) in [4.78, 5) is 24.3. The Morgan fingerprint density at radius 1 is 1.25 bits per heavy atom. The van der Waals surface area contributed by atoms with Crippen molar-refractivity contribution in [3.63, 3.8) is 0 Å². The number of allylic oxidation sites excluding steroid dienone is 3. The maximum Gasteiger partial charge on any atom is 0.324 e. The second kappa shape index (κ2) is 5.20. The molecule has 4 nitrogen and oxygen atoms in total. The Bertz CT molecular complexity index is 654. The van der Waals surface area contributed by atoms with Gasteiger partial charge in [-0.3, -0.25) is 9.59 Å². The molecule has 2 unspecified atom stereocenters. The molecule has 6 heteroatoms. The SMILES string of the molecule is O=C1[N][S+]([O-])C2C(=O)C(c3ccccc3)=C(CBr)C=C12. The highest BCUT2D eigenvalue weighted by molar-refractivity contribution is 9.09. The van der Waals surface area contributed by atoms with Gasteiger partial charge in [0.1, 0.15) is 11.4 Å². The van der Waals surface area contributed by atoms with Crippen molar-refractivity contribution >= 4 is 44.6 Å². The number of carbonyl (C=O) groups excluding carboxylic acids is 2. The predicted molar refractivity (Wildman–Crippen MR) is 79.3 cm³/mol. The lowest BCUT2D eigenvalue weighted by Gasteiger charge is -2.19. The van der Waals surface area contributed by atoms with Crippen LogP contribution < -0.4 is 4.72 Å². The van der Waals surface area contributed by atoms with Crippen molar-refractivity contribution in [2.24, 2.45) is 0 Å². The van der Waals surface area contributed by atoms with E-state index in [0.29, 0.717) is 10.9 Å². The molecule has 0 bridgehead atoms. The first-order valence-corrected chi connectivity index (χ1v) is 8.19. The number of nitrogens with zero attached hydrogens (tertiary/aromatic N) is 1. The number of alkyl halides is 1. The van der Waals surface area contributed by atoms with Gasteiger partial charge in [0.25, 0.3) is 0 Å². The zero-order chi connectivity index (χ0) is 14.3. The minimum Gasteiger partial charge on any atom is -0.590 e. The van der Waals surface area contributed by atoms with E-state index in [-0.39, 0.29) is 11.4 Å². The third kappa shape index (κ3) is 2.04. The summed E-state index contributed by atoms with van der Waals surface area (Å²) < 4.78 is 15.3. The molecule has 0 N–H and O–H groups in total. The molecule has 1 aliphatic heterocycles. The molecule has 1 fully saturated rings. The smallest absolute Gasteiger partial charge is 0.324 e. The Morgan fingerprint density at radius 2 is 1.95 bits per heavy atom. The Hall–Kier alpha value is -1.37. The lowest BCUT2D eigenvalue weighted by atomic mass is 9.87. The predicted octanol–water partition coefficient (Wildman–Crippen LogP) is 1.52. The number of benzene rings is 1. The van der Waals surface area contributed by atoms with Gasteiger partial charge in [-0.25, -0.2) is 0 Å². The fourth-order valence-electron chi connectivity index (χ4n) is 2.37. The van der Waals surface area contributed by atoms with Crippen LogP contribution in [0.15, 0.2) is 47.6 Å². The Balaban J connectivity index is 2.17. The van der Waals surface area contributed by atoms with Gasteiger partial charge in [-0.15, -0.1) is 0 Å². The Kier molecular flexibility index (Phi) is 3.54. The number of ketones is 1. The number of hydrogen-bond donors (Lipinski definition) is 0. The van der Waals surface area contributed by atoms with E-state index in [2.05, 4.69) is 20.7 Å². The zero-order valence-corrected chi connectivity index (χ0v) is 12.6. The van der Waals surface area contributed by atoms with Crippen LogP contribution in [0.4, 0.5) is 0 Å². The summed E-state index contributed by atoms with van der Waals surface area (Å²) in [7, 11) is 0. The van der Waals surface area contributed by atoms with Crippen molar-refractivity contribution in [1.82, 2.24) is 4.72 Å². The normalized spacial score (nSPS) is 25.4. The van der Waals surface area contributed by atoms with Gasteiger partial charge in [-0.1, -0.05) is 46.3 Å². The van der Waals surface area contributed by atoms with Crippen LogP contribution in [0.3, 0.4) is 0 Å². The van der Waals surface area contributed by atoms with E-state index >= 15 is 0 Å². The molecule has 2 atom stereocenters. The van der Waals surface area contributed by atoms with Gasteiger partial charge in [-0.2, -0.15) is 0 Å². The Morgan fingerprint density at radius 3 is 2.60 bits per heavy atom. The van der Waals surface area contributed by atoms with Gasteiger partial charge < -0.3 is 4.55 Å². The van der Waals surface area contributed by atoms with Gasteiger partial charge in [0.2, 0.25) is 11.0 Å². The topological polar surface area (TPSA) is 71.3 Å². The monoisotopic (exact) mass is 350 g/mol. The van der Waals surface area contributed by atoms with E-state index in [1.807, 2.05) is 30.3 Å². The summed E-state index contributed by atoms with van der Waals surface area (Å²) >= 11 is 1.53. The summed E-state index contributed by atoms with van der Waals surface area (Å²) in [5, 5.41) is -0.500. The highest BCUT2D eigenvalue weighted by Crippen LogP contribution is 2.36. The van der Waals surface area contributed by atoms with E-state index in [9.17, 15) is 14.1 Å². The van der Waals surface area contributed by atoms with E-state index in [4.69, 9.17) is 0 Å². The molecule has 3 rings (SSSR count). The molecule has 1 amide bonds. The van der Waals surface area contributed by atoms with Crippen molar-refractivity contribution in [3.05, 3.63) is 53.1 Å². The van der Waals surface area contributed by atoms with Crippen molar-refractivity contribution in [2.75, 3.05) is 5.33 Å². The highest BCUT2D eigenvalue weighted by Gasteiger charge is 2.51. The molecular formula is C14H9BrNO3S. The lowest BCUT2D eigenvalue weighted by Crippen LogP contribution is -2.32. The van der Waals surface area contributed by atoms with Crippen LogP contribution in [0.1, 0.15) is 5.56 Å². The molecule has 0 spiro atoms. The van der Waals surface area contributed by atoms with Crippen molar-refractivity contribution in [1.29, 1.82) is 0 Å². The summed E-state index contributed by atoms with van der Waals surface area (Å²) in [5.74, 6) is -0.844. The molecule has 0 aromatic heterocycles. The van der Waals surface area contributed by atoms with Gasteiger partial charge in [0.05, 0.1) is 5.57 Å². The lowest BCUT2D eigenvalue weighted by molar-refractivity contribution is -0.117. The first-order chi connectivity index (χ1) is 9.63. The van der Waals surface area contributed by atoms with E-state index in [1.54, 1.807) is 6.08 Å². The Labute approximate surface area is 127 Å². The molecule has 2 aliphatic rings. The molecule has 1 radical (unpaired) electrons. The molecule has 101 valence electrons. The standard InChI is InChI=1S/C14H9BrNO3S/c15-7-9-6-10-13(20(19)16-14(10)18)12(17)11(9)8-4-2-1-3-5-8/h1-6,13H,7H2. The molecule has 1 aromatic rings. The first-order valence-electron chi connectivity index (χ1n) is 5.90. The summed E-state index contributed by atoms with van der Waals surface area (Å²) in [6.07, 6.45) is 1.64. The average Bonchev–Trinajstić information content (AvgIpc) is 2.74. The third-order valence-corrected chi connectivity index (χ3v) is 5.07. The zero-order valence-electron chi connectivity index (χ0n) is 10.2. The number of Topliss-reactive ketones (excluding diaryl/α,β-unsaturated/α-hetero) is 1. The fraction of sp³-hybridized carbons (Fsp3) is 0.143. The van der Waals surface area contributed by atoms with Crippen LogP contribution in [0.25, 0.3) is 5.57 Å². The van der Waals surface area contributed by atoms with Crippen molar-refractivity contribution in [3.8, 4) is 0 Å². The maximum absolute atomic E-state index is 12.6. The largest absolute Gasteiger partial charge is 0.590 e. The average molecular weight is 351 g/mol. The van der Waals surface area contributed by atoms with Gasteiger partial charge in [-0.05, 0) is 21.9 Å². The van der Waals surface area contributed by atoms with E-state index in [1.165, 1.54) is 0 Å². The molecular weight excluding hydrogens is 342 g/mol. The fourth-order valence-corrected chi connectivity index (χ4v) is 3.87. The van der Waals surface area contributed by atoms with Crippen molar-refractivity contribution < 1.29 is 14.1 Å². The summed E-state index contributed by atoms with van der Waals surface area (Å²) in [5.41, 5.74) is 2.23. The minimum absolute atomic E-state index is 0.238. The van der Waals surface area contributed by atoms with Gasteiger partial charge >= 0.3 is 5.91 Å². The second-order valence-corrected chi connectivity index (χ2v) is 6.18. The van der Waals surface area contributed by atoms with Crippen LogP contribution in [-0.2, 0) is 21.0 Å². The van der Waals surface area contributed by atoms with Crippen LogP contribution in [0.5, 0.6) is 0 Å². The van der Waals surface area contributed by atoms with Crippen LogP contribution in [0, 0.1) is 0 Å². The molecule has 20 heavy (non-hydrogen) atoms. The second-order valence-electron chi connectivity index (χ2n) is 4.42. The van der Waals surface area contributed by atoms with E-state index < -0.39 is 22.5 Å². The van der Waals surface area contributed by atoms with Gasteiger partial charge in [0.15, 0.2) is 0 Å². The van der Waals surface area contributed by atoms with Crippen molar-refractivity contribution in [2.45, 2.75) is 5.25 Å². The molecule has 1 aliphatic carbocycles. The molecule has 1 aromatic carbocycles. The van der Waals surface area contributed by atoms with Crippen LogP contribution in [-0.4, -0.2) is 26.8 Å². The number of amides is 1. The highest BCUT2D eigenvalue weighted by atomic mass is 79.9. The quantitative estimate of drug-likeness (QED) is 0.599. The number of rotatable bonds is 2. The minimum atomic E-state index is -1.80. The summed E-state index contributed by atoms with van der Waals surface area (Å²) in [6, 6.07) is 9.18. The van der Waals surface area contributed by atoms with E-state index in [0.717, 1.165) is 11.1 Å². The molecule has 1 heterocycles. The first kappa shape index (κ1) is 13.6. The summed E-state index contributed by atoms with van der Waals surface area (Å²) in [6.45, 7) is 0. The number of carbonyl (C=O) groups is 2. The molecule has 0 saturated carbocycles. The number of fused-ring (bicyclic) bond motifs is 1. The number of hydrogen-bond acceptors (Lipinski definition) is 3.